The van der Waals surface area contributed by atoms with Gasteiger partial charge in [0.1, 0.15) is 0 Å². The molecule has 0 saturated carbocycles. The summed E-state index contributed by atoms with van der Waals surface area (Å²) in [4.78, 5) is 26.7. The van der Waals surface area contributed by atoms with E-state index in [4.69, 9.17) is 14.2 Å². The molecule has 138 valence electrons. The Labute approximate surface area is 149 Å². The van der Waals surface area contributed by atoms with Crippen LogP contribution in [0.15, 0.2) is 30.3 Å². The average molecular weight is 349 g/mol. The summed E-state index contributed by atoms with van der Waals surface area (Å²) in [6.07, 6.45) is 0.338. The zero-order valence-electron chi connectivity index (χ0n) is 15.0. The fraction of sp³-hybridized carbons (Fsp3) is 0.579. The van der Waals surface area contributed by atoms with Gasteiger partial charge in [0, 0.05) is 19.1 Å². The van der Waals surface area contributed by atoms with Gasteiger partial charge < -0.3 is 14.2 Å². The van der Waals surface area contributed by atoms with Crippen molar-refractivity contribution in [2.45, 2.75) is 32.9 Å². The summed E-state index contributed by atoms with van der Waals surface area (Å²) >= 11 is 0. The lowest BCUT2D eigenvalue weighted by atomic mass is 9.98. The summed E-state index contributed by atoms with van der Waals surface area (Å²) in [6.45, 7) is 6.59. The van der Waals surface area contributed by atoms with E-state index >= 15 is 0 Å². The molecule has 1 aromatic rings. The van der Waals surface area contributed by atoms with Gasteiger partial charge >= 0.3 is 11.9 Å². The number of carbonyl (C=O) groups excluding carboxylic acids is 2. The van der Waals surface area contributed by atoms with Crippen LogP contribution in [0.1, 0.15) is 25.8 Å². The number of morpholine rings is 1. The highest BCUT2D eigenvalue weighted by Crippen LogP contribution is 2.21. The molecular formula is C19H27NO5. The van der Waals surface area contributed by atoms with E-state index in [2.05, 4.69) is 17.0 Å². The number of benzene rings is 1. The molecule has 1 saturated heterocycles. The largest absolute Gasteiger partial charge is 0.465 e. The van der Waals surface area contributed by atoms with Crippen LogP contribution in [-0.4, -0.2) is 55.9 Å². The summed E-state index contributed by atoms with van der Waals surface area (Å²) in [7, 11) is 0. The summed E-state index contributed by atoms with van der Waals surface area (Å²) in [5, 5.41) is 0. The highest BCUT2D eigenvalue weighted by Gasteiger charge is 2.35. The van der Waals surface area contributed by atoms with E-state index in [0.29, 0.717) is 19.6 Å². The zero-order chi connectivity index (χ0) is 18.1. The van der Waals surface area contributed by atoms with Crippen LogP contribution in [0.3, 0.4) is 0 Å². The number of esters is 2. The van der Waals surface area contributed by atoms with Crippen LogP contribution >= 0.6 is 0 Å². The Hall–Kier alpha value is -1.92. The molecule has 0 bridgehead atoms. The third-order valence-electron chi connectivity index (χ3n) is 4.23. The number of rotatable bonds is 8. The Balaban J connectivity index is 2.07. The first-order valence-corrected chi connectivity index (χ1v) is 8.84. The molecule has 1 atom stereocenters. The van der Waals surface area contributed by atoms with E-state index in [1.165, 1.54) is 5.56 Å². The van der Waals surface area contributed by atoms with Crippen LogP contribution in [0.5, 0.6) is 0 Å². The molecule has 0 aromatic heterocycles. The van der Waals surface area contributed by atoms with E-state index in [1.54, 1.807) is 13.8 Å². The minimum atomic E-state index is -0.912. The number of hydrogen-bond donors (Lipinski definition) is 0. The molecule has 25 heavy (non-hydrogen) atoms. The van der Waals surface area contributed by atoms with Crippen molar-refractivity contribution in [3.8, 4) is 0 Å². The second kappa shape index (κ2) is 10.2. The van der Waals surface area contributed by atoms with Crippen molar-refractivity contribution in [2.24, 2.45) is 5.92 Å². The predicted octanol–water partition coefficient (Wildman–Crippen LogP) is 2.02. The highest BCUT2D eigenvalue weighted by atomic mass is 16.6. The molecule has 0 aliphatic carbocycles. The van der Waals surface area contributed by atoms with Crippen molar-refractivity contribution in [1.82, 2.24) is 4.90 Å². The molecule has 6 heteroatoms. The van der Waals surface area contributed by atoms with Gasteiger partial charge in [-0.2, -0.15) is 0 Å². The third-order valence-corrected chi connectivity index (χ3v) is 4.23. The molecule has 0 N–H and O–H groups in total. The highest BCUT2D eigenvalue weighted by molar-refractivity contribution is 5.94. The first-order chi connectivity index (χ1) is 12.2. The van der Waals surface area contributed by atoms with Crippen LogP contribution < -0.4 is 0 Å². The first kappa shape index (κ1) is 19.4. The lowest BCUT2D eigenvalue weighted by molar-refractivity contribution is -0.163. The maximum Gasteiger partial charge on any atom is 0.320 e. The molecule has 2 rings (SSSR count). The van der Waals surface area contributed by atoms with Crippen molar-refractivity contribution in [1.29, 1.82) is 0 Å². The second-order valence-electron chi connectivity index (χ2n) is 5.98. The number of ether oxygens (including phenoxy) is 3. The molecule has 1 heterocycles. The molecule has 0 spiro atoms. The van der Waals surface area contributed by atoms with Crippen LogP contribution in [0.25, 0.3) is 0 Å². The number of hydrogen-bond acceptors (Lipinski definition) is 6. The molecular weight excluding hydrogens is 322 g/mol. The van der Waals surface area contributed by atoms with Crippen molar-refractivity contribution in [3.05, 3.63) is 35.9 Å². The smallest absolute Gasteiger partial charge is 0.320 e. The SMILES string of the molecule is CCOC(=O)C(CC1COCCN1Cc1ccccc1)C(=O)OCC. The third kappa shape index (κ3) is 5.83. The first-order valence-electron chi connectivity index (χ1n) is 8.84. The molecule has 6 nitrogen and oxygen atoms in total. The van der Waals surface area contributed by atoms with Gasteiger partial charge in [-0.05, 0) is 25.8 Å². The van der Waals surface area contributed by atoms with E-state index in [1.807, 2.05) is 18.2 Å². The van der Waals surface area contributed by atoms with E-state index < -0.39 is 17.9 Å². The summed E-state index contributed by atoms with van der Waals surface area (Å²) in [5.41, 5.74) is 1.19. The molecule has 1 fully saturated rings. The monoisotopic (exact) mass is 349 g/mol. The van der Waals surface area contributed by atoms with Crippen molar-refractivity contribution in [2.75, 3.05) is 33.0 Å². The van der Waals surface area contributed by atoms with E-state index in [9.17, 15) is 9.59 Å². The van der Waals surface area contributed by atoms with Crippen LogP contribution in [-0.2, 0) is 30.3 Å². The quantitative estimate of drug-likeness (QED) is 0.528. The number of carbonyl (C=O) groups is 2. The average Bonchev–Trinajstić information content (AvgIpc) is 2.62. The van der Waals surface area contributed by atoms with Gasteiger partial charge in [-0.15, -0.1) is 0 Å². The second-order valence-corrected chi connectivity index (χ2v) is 5.98. The molecule has 0 radical (unpaired) electrons. The van der Waals surface area contributed by atoms with Crippen LogP contribution in [0, 0.1) is 5.92 Å². The maximum atomic E-state index is 12.2. The molecule has 1 aromatic carbocycles. The van der Waals surface area contributed by atoms with Gasteiger partial charge in [0.05, 0.1) is 26.4 Å². The van der Waals surface area contributed by atoms with Gasteiger partial charge in [0.15, 0.2) is 5.92 Å². The maximum absolute atomic E-state index is 12.2. The Bertz CT molecular complexity index is 530. The minimum Gasteiger partial charge on any atom is -0.465 e. The van der Waals surface area contributed by atoms with Crippen molar-refractivity contribution in [3.63, 3.8) is 0 Å². The normalized spacial score (nSPS) is 18.1. The van der Waals surface area contributed by atoms with Gasteiger partial charge in [-0.3, -0.25) is 14.5 Å². The summed E-state index contributed by atoms with van der Waals surface area (Å²) in [5.74, 6) is -1.96. The molecule has 1 unspecified atom stereocenters. The van der Waals surface area contributed by atoms with Crippen LogP contribution in [0.2, 0.25) is 0 Å². The Morgan fingerprint density at radius 1 is 1.16 bits per heavy atom. The number of nitrogens with zero attached hydrogens (tertiary/aromatic N) is 1. The van der Waals surface area contributed by atoms with Crippen molar-refractivity contribution < 1.29 is 23.8 Å². The molecule has 0 amide bonds. The Kier molecular flexibility index (Phi) is 7.88. The van der Waals surface area contributed by atoms with Gasteiger partial charge in [-0.25, -0.2) is 0 Å². The Morgan fingerprint density at radius 3 is 2.40 bits per heavy atom. The summed E-state index contributed by atoms with van der Waals surface area (Å²) < 4.78 is 15.7. The Morgan fingerprint density at radius 2 is 1.80 bits per heavy atom. The van der Waals surface area contributed by atoms with Crippen molar-refractivity contribution >= 4 is 11.9 Å². The van der Waals surface area contributed by atoms with E-state index in [0.717, 1.165) is 13.1 Å². The van der Waals surface area contributed by atoms with Gasteiger partial charge in [-0.1, -0.05) is 30.3 Å². The van der Waals surface area contributed by atoms with Gasteiger partial charge in [0.25, 0.3) is 0 Å². The summed E-state index contributed by atoms with van der Waals surface area (Å²) in [6, 6.07) is 10.1. The van der Waals surface area contributed by atoms with Crippen LogP contribution in [0.4, 0.5) is 0 Å². The van der Waals surface area contributed by atoms with Gasteiger partial charge in [0.2, 0.25) is 0 Å². The fourth-order valence-corrected chi connectivity index (χ4v) is 2.98. The predicted molar refractivity (Wildman–Crippen MR) is 92.8 cm³/mol. The molecule has 1 aliphatic heterocycles. The zero-order valence-corrected chi connectivity index (χ0v) is 15.0. The fourth-order valence-electron chi connectivity index (χ4n) is 2.98. The van der Waals surface area contributed by atoms with E-state index in [-0.39, 0.29) is 19.3 Å². The topological polar surface area (TPSA) is 65.1 Å². The lowest BCUT2D eigenvalue weighted by Crippen LogP contribution is -2.47. The molecule has 1 aliphatic rings. The standard InChI is InChI=1S/C19H27NO5/c1-3-24-18(21)17(19(22)25-4-2)12-16-14-23-11-10-20(16)13-15-8-6-5-7-9-15/h5-9,16-17H,3-4,10-14H2,1-2H3. The minimum absolute atomic E-state index is 0.0345. The lowest BCUT2D eigenvalue weighted by Gasteiger charge is -2.36.